The molecule has 0 aliphatic heterocycles. The third-order valence-electron chi connectivity index (χ3n) is 3.25. The maximum atomic E-state index is 13.0. The number of anilines is 2. The van der Waals surface area contributed by atoms with E-state index in [9.17, 15) is 22.8 Å². The highest BCUT2D eigenvalue weighted by Gasteiger charge is 2.34. The molecule has 8 heteroatoms. The quantitative estimate of drug-likeness (QED) is 0.876. The van der Waals surface area contributed by atoms with Crippen molar-refractivity contribution in [1.29, 1.82) is 0 Å². The summed E-state index contributed by atoms with van der Waals surface area (Å²) in [6.07, 6.45) is -4.66. The summed E-state index contributed by atoms with van der Waals surface area (Å²) in [5.41, 5.74) is -1.05. The van der Waals surface area contributed by atoms with Gasteiger partial charge in [0.2, 0.25) is 5.91 Å². The van der Waals surface area contributed by atoms with Crippen LogP contribution in [0.1, 0.15) is 22.8 Å². The fraction of sp³-hybridized carbons (Fsp3) is 0.176. The average molecular weight is 352 g/mol. The Balaban J connectivity index is 2.36. The van der Waals surface area contributed by atoms with Crippen molar-refractivity contribution in [1.82, 2.24) is 0 Å². The Labute approximate surface area is 141 Å². The Morgan fingerprint density at radius 1 is 1.04 bits per heavy atom. The number of carbonyl (C=O) groups excluding carboxylic acids is 2. The Hall–Kier alpha value is -3.03. The van der Waals surface area contributed by atoms with Gasteiger partial charge in [-0.2, -0.15) is 13.2 Å². The first-order valence-electron chi connectivity index (χ1n) is 7.15. The van der Waals surface area contributed by atoms with Gasteiger partial charge in [0.1, 0.15) is 5.75 Å². The van der Waals surface area contributed by atoms with Gasteiger partial charge in [-0.1, -0.05) is 12.1 Å². The lowest BCUT2D eigenvalue weighted by molar-refractivity contribution is -0.137. The van der Waals surface area contributed by atoms with E-state index < -0.39 is 23.2 Å². The van der Waals surface area contributed by atoms with Gasteiger partial charge < -0.3 is 15.4 Å². The number of amides is 2. The monoisotopic (exact) mass is 352 g/mol. The van der Waals surface area contributed by atoms with Crippen molar-refractivity contribution in [2.24, 2.45) is 0 Å². The molecular weight excluding hydrogens is 337 g/mol. The van der Waals surface area contributed by atoms with Crippen LogP contribution in [-0.4, -0.2) is 18.9 Å². The average Bonchev–Trinajstić information content (AvgIpc) is 2.54. The van der Waals surface area contributed by atoms with Crippen LogP contribution < -0.4 is 15.4 Å². The van der Waals surface area contributed by atoms with Crippen molar-refractivity contribution in [2.75, 3.05) is 17.7 Å². The summed E-state index contributed by atoms with van der Waals surface area (Å²) in [5, 5.41) is 4.91. The van der Waals surface area contributed by atoms with Crippen molar-refractivity contribution in [3.8, 4) is 5.75 Å². The summed E-state index contributed by atoms with van der Waals surface area (Å²) in [5.74, 6) is -1.02. The zero-order valence-electron chi connectivity index (χ0n) is 13.4. The van der Waals surface area contributed by atoms with Gasteiger partial charge in [-0.3, -0.25) is 9.59 Å². The van der Waals surface area contributed by atoms with Gasteiger partial charge in [0.05, 0.1) is 23.9 Å². The minimum atomic E-state index is -4.66. The molecule has 2 amide bonds. The number of alkyl halides is 3. The van der Waals surface area contributed by atoms with E-state index in [0.717, 1.165) is 12.1 Å². The molecule has 0 aliphatic carbocycles. The van der Waals surface area contributed by atoms with Gasteiger partial charge in [-0.15, -0.1) is 0 Å². The van der Waals surface area contributed by atoms with Gasteiger partial charge in [0.15, 0.2) is 0 Å². The standard InChI is InChI=1S/C17H15F3N2O3/c1-10(23)21-11-7-8-15(25-2)14(9-11)22-16(24)12-5-3-4-6-13(12)17(18,19)20/h3-9H,1-2H3,(H,21,23)(H,22,24). The normalized spacial score (nSPS) is 10.9. The SMILES string of the molecule is COc1ccc(NC(C)=O)cc1NC(=O)c1ccccc1C(F)(F)F. The van der Waals surface area contributed by atoms with Gasteiger partial charge in [0, 0.05) is 12.6 Å². The van der Waals surface area contributed by atoms with E-state index in [1.54, 1.807) is 6.07 Å². The first-order valence-corrected chi connectivity index (χ1v) is 7.15. The molecule has 0 heterocycles. The molecule has 0 radical (unpaired) electrons. The molecule has 0 unspecified atom stereocenters. The predicted octanol–water partition coefficient (Wildman–Crippen LogP) is 3.92. The number of ether oxygens (including phenoxy) is 1. The van der Waals surface area contributed by atoms with Crippen molar-refractivity contribution in [3.05, 3.63) is 53.6 Å². The summed E-state index contributed by atoms with van der Waals surface area (Å²) in [6, 6.07) is 8.89. The fourth-order valence-corrected chi connectivity index (χ4v) is 2.20. The number of rotatable bonds is 4. The van der Waals surface area contributed by atoms with Gasteiger partial charge >= 0.3 is 6.18 Å². The molecular formula is C17H15F3N2O3. The van der Waals surface area contributed by atoms with Gasteiger partial charge in [-0.05, 0) is 30.3 Å². The number of nitrogens with one attached hydrogen (secondary N) is 2. The summed E-state index contributed by atoms with van der Waals surface area (Å²) < 4.78 is 44.2. The molecule has 0 fully saturated rings. The van der Waals surface area contributed by atoms with E-state index in [-0.39, 0.29) is 17.3 Å². The molecule has 2 aromatic carbocycles. The van der Waals surface area contributed by atoms with Crippen LogP contribution in [0.15, 0.2) is 42.5 Å². The largest absolute Gasteiger partial charge is 0.495 e. The van der Waals surface area contributed by atoms with Crippen LogP contribution in [0.2, 0.25) is 0 Å². The van der Waals surface area contributed by atoms with Crippen molar-refractivity contribution >= 4 is 23.2 Å². The minimum absolute atomic E-state index is 0.135. The van der Waals surface area contributed by atoms with Crippen molar-refractivity contribution in [3.63, 3.8) is 0 Å². The van der Waals surface area contributed by atoms with Crippen LogP contribution >= 0.6 is 0 Å². The molecule has 0 aliphatic rings. The van der Waals surface area contributed by atoms with Crippen molar-refractivity contribution in [2.45, 2.75) is 13.1 Å². The molecule has 2 N–H and O–H groups in total. The summed E-state index contributed by atoms with van der Waals surface area (Å²) in [4.78, 5) is 23.5. The Morgan fingerprint density at radius 2 is 1.72 bits per heavy atom. The topological polar surface area (TPSA) is 67.4 Å². The zero-order chi connectivity index (χ0) is 18.6. The first-order chi connectivity index (χ1) is 11.7. The number of carbonyl (C=O) groups is 2. The number of benzene rings is 2. The second kappa shape index (κ2) is 7.25. The molecule has 2 rings (SSSR count). The Morgan fingerprint density at radius 3 is 2.32 bits per heavy atom. The molecule has 0 bridgehead atoms. The van der Waals surface area contributed by atoms with Crippen LogP contribution in [0, 0.1) is 0 Å². The van der Waals surface area contributed by atoms with Crippen LogP contribution in [0.5, 0.6) is 5.75 Å². The highest BCUT2D eigenvalue weighted by atomic mass is 19.4. The van der Waals surface area contributed by atoms with Crippen LogP contribution in [-0.2, 0) is 11.0 Å². The minimum Gasteiger partial charge on any atom is -0.495 e. The number of methoxy groups -OCH3 is 1. The lowest BCUT2D eigenvalue weighted by Crippen LogP contribution is -2.19. The summed E-state index contributed by atoms with van der Waals surface area (Å²) >= 11 is 0. The zero-order valence-corrected chi connectivity index (χ0v) is 13.4. The van der Waals surface area contributed by atoms with Crippen molar-refractivity contribution < 1.29 is 27.5 Å². The third-order valence-corrected chi connectivity index (χ3v) is 3.25. The predicted molar refractivity (Wildman–Crippen MR) is 86.7 cm³/mol. The van der Waals surface area contributed by atoms with Gasteiger partial charge in [-0.25, -0.2) is 0 Å². The second-order valence-corrected chi connectivity index (χ2v) is 5.09. The van der Waals surface area contributed by atoms with E-state index in [1.165, 1.54) is 38.3 Å². The van der Waals surface area contributed by atoms with Gasteiger partial charge in [0.25, 0.3) is 5.91 Å². The lowest BCUT2D eigenvalue weighted by atomic mass is 10.1. The lowest BCUT2D eigenvalue weighted by Gasteiger charge is -2.15. The highest BCUT2D eigenvalue weighted by molar-refractivity contribution is 6.06. The molecule has 0 atom stereocenters. The van der Waals surface area contributed by atoms with Crippen LogP contribution in [0.25, 0.3) is 0 Å². The Kier molecular flexibility index (Phi) is 5.31. The summed E-state index contributed by atoms with van der Waals surface area (Å²) in [7, 11) is 1.35. The van der Waals surface area contributed by atoms with E-state index in [1.807, 2.05) is 0 Å². The number of hydrogen-bond acceptors (Lipinski definition) is 3. The van der Waals surface area contributed by atoms with E-state index in [4.69, 9.17) is 4.74 Å². The fourth-order valence-electron chi connectivity index (χ4n) is 2.20. The third kappa shape index (κ3) is 4.50. The first kappa shape index (κ1) is 18.3. The molecule has 132 valence electrons. The molecule has 0 saturated carbocycles. The highest BCUT2D eigenvalue weighted by Crippen LogP contribution is 2.33. The summed E-state index contributed by atoms with van der Waals surface area (Å²) in [6.45, 7) is 1.31. The van der Waals surface area contributed by atoms with Crippen LogP contribution in [0.3, 0.4) is 0 Å². The maximum absolute atomic E-state index is 13.0. The van der Waals surface area contributed by atoms with E-state index >= 15 is 0 Å². The molecule has 25 heavy (non-hydrogen) atoms. The molecule has 5 nitrogen and oxygen atoms in total. The number of halogens is 3. The molecule has 0 saturated heterocycles. The Bertz CT molecular complexity index is 804. The van der Waals surface area contributed by atoms with Crippen LogP contribution in [0.4, 0.5) is 24.5 Å². The number of hydrogen-bond donors (Lipinski definition) is 2. The van der Waals surface area contributed by atoms with E-state index in [0.29, 0.717) is 5.69 Å². The molecule has 0 aromatic heterocycles. The maximum Gasteiger partial charge on any atom is 0.417 e. The second-order valence-electron chi connectivity index (χ2n) is 5.09. The smallest absolute Gasteiger partial charge is 0.417 e. The molecule has 2 aromatic rings. The van der Waals surface area contributed by atoms with E-state index in [2.05, 4.69) is 10.6 Å². The molecule has 0 spiro atoms.